The highest BCUT2D eigenvalue weighted by atomic mass is 79.9. The fourth-order valence-corrected chi connectivity index (χ4v) is 2.68. The Morgan fingerprint density at radius 1 is 1.40 bits per heavy atom. The van der Waals surface area contributed by atoms with Gasteiger partial charge in [-0.1, -0.05) is 12.1 Å². The molecule has 0 unspecified atom stereocenters. The summed E-state index contributed by atoms with van der Waals surface area (Å²) in [7, 11) is 0. The van der Waals surface area contributed by atoms with Crippen LogP contribution in [0.15, 0.2) is 28.9 Å². The number of aromatic nitrogens is 1. The first-order chi connectivity index (χ1) is 7.24. The van der Waals surface area contributed by atoms with Crippen molar-refractivity contribution in [1.29, 1.82) is 0 Å². The van der Waals surface area contributed by atoms with Crippen LogP contribution in [0.25, 0.3) is 10.9 Å². The molecule has 0 atom stereocenters. The molecule has 15 heavy (non-hydrogen) atoms. The van der Waals surface area contributed by atoms with Crippen LogP contribution >= 0.6 is 15.9 Å². The van der Waals surface area contributed by atoms with Crippen molar-refractivity contribution in [2.24, 2.45) is 5.73 Å². The van der Waals surface area contributed by atoms with Gasteiger partial charge < -0.3 is 10.3 Å². The van der Waals surface area contributed by atoms with Crippen LogP contribution < -0.4 is 5.73 Å². The van der Waals surface area contributed by atoms with Crippen LogP contribution in [0.2, 0.25) is 0 Å². The van der Waals surface area contributed by atoms with E-state index >= 15 is 0 Å². The zero-order valence-corrected chi connectivity index (χ0v) is 10.4. The molecule has 2 aromatic rings. The molecule has 1 heterocycles. The van der Waals surface area contributed by atoms with E-state index in [1.807, 2.05) is 0 Å². The quantitative estimate of drug-likeness (QED) is 0.910. The largest absolute Gasteiger partial charge is 0.346 e. The molecule has 0 fully saturated rings. The minimum Gasteiger partial charge on any atom is -0.346 e. The van der Waals surface area contributed by atoms with Crippen LogP contribution in [0, 0.1) is 6.92 Å². The van der Waals surface area contributed by atoms with Crippen LogP contribution in [-0.4, -0.2) is 11.1 Å². The van der Waals surface area contributed by atoms with Crippen molar-refractivity contribution in [2.75, 3.05) is 6.54 Å². The van der Waals surface area contributed by atoms with E-state index in [1.165, 1.54) is 20.9 Å². The van der Waals surface area contributed by atoms with Crippen molar-refractivity contribution >= 4 is 26.8 Å². The molecule has 3 heteroatoms. The number of nitrogens with zero attached hydrogens (tertiary/aromatic N) is 1. The van der Waals surface area contributed by atoms with E-state index < -0.39 is 0 Å². The lowest BCUT2D eigenvalue weighted by Crippen LogP contribution is -2.04. The first-order valence-corrected chi connectivity index (χ1v) is 5.97. The molecule has 2 nitrogen and oxygen atoms in total. The smallest absolute Gasteiger partial charge is 0.0494 e. The Labute approximate surface area is 98.2 Å². The maximum atomic E-state index is 5.53. The van der Waals surface area contributed by atoms with Crippen molar-refractivity contribution in [3.63, 3.8) is 0 Å². The summed E-state index contributed by atoms with van der Waals surface area (Å²) in [4.78, 5) is 0. The minimum atomic E-state index is 0.739. The first-order valence-electron chi connectivity index (χ1n) is 5.18. The van der Waals surface area contributed by atoms with E-state index in [0.717, 1.165) is 19.5 Å². The van der Waals surface area contributed by atoms with Crippen LogP contribution in [0.5, 0.6) is 0 Å². The molecule has 0 bridgehead atoms. The van der Waals surface area contributed by atoms with Gasteiger partial charge in [0.05, 0.1) is 0 Å². The van der Waals surface area contributed by atoms with Gasteiger partial charge in [-0.05, 0) is 47.4 Å². The number of fused-ring (bicyclic) bond motifs is 1. The SMILES string of the molecule is Cc1cccc2c1c(Br)cn2CCCN. The Morgan fingerprint density at radius 3 is 2.93 bits per heavy atom. The highest BCUT2D eigenvalue weighted by Gasteiger charge is 2.07. The molecule has 0 aliphatic heterocycles. The first kappa shape index (κ1) is 10.7. The van der Waals surface area contributed by atoms with Crippen LogP contribution in [0.3, 0.4) is 0 Å². The predicted octanol–water partition coefficient (Wildman–Crippen LogP) is 3.06. The van der Waals surface area contributed by atoms with Crippen LogP contribution in [-0.2, 0) is 6.54 Å². The molecule has 0 amide bonds. The summed E-state index contributed by atoms with van der Waals surface area (Å²) < 4.78 is 3.44. The Hall–Kier alpha value is -0.800. The van der Waals surface area contributed by atoms with Crippen molar-refractivity contribution in [2.45, 2.75) is 19.9 Å². The molecule has 2 rings (SSSR count). The lowest BCUT2D eigenvalue weighted by Gasteiger charge is -2.04. The second-order valence-corrected chi connectivity index (χ2v) is 4.64. The monoisotopic (exact) mass is 266 g/mol. The summed E-state index contributed by atoms with van der Waals surface area (Å²) in [5, 5.41) is 1.31. The van der Waals surface area contributed by atoms with Gasteiger partial charge in [-0.3, -0.25) is 0 Å². The van der Waals surface area contributed by atoms with Gasteiger partial charge in [-0.2, -0.15) is 0 Å². The fraction of sp³-hybridized carbons (Fsp3) is 0.333. The van der Waals surface area contributed by atoms with E-state index in [0.29, 0.717) is 0 Å². The fourth-order valence-electron chi connectivity index (χ4n) is 1.92. The van der Waals surface area contributed by atoms with Crippen molar-refractivity contribution in [3.05, 3.63) is 34.4 Å². The molecule has 0 saturated heterocycles. The number of halogens is 1. The molecule has 0 aliphatic rings. The summed E-state index contributed by atoms with van der Waals surface area (Å²) in [6.07, 6.45) is 3.16. The zero-order chi connectivity index (χ0) is 10.8. The van der Waals surface area contributed by atoms with Gasteiger partial charge in [0, 0.05) is 28.1 Å². The number of hydrogen-bond acceptors (Lipinski definition) is 1. The Balaban J connectivity index is 2.53. The van der Waals surface area contributed by atoms with Gasteiger partial charge in [-0.25, -0.2) is 0 Å². The van der Waals surface area contributed by atoms with Gasteiger partial charge in [-0.15, -0.1) is 0 Å². The van der Waals surface area contributed by atoms with Gasteiger partial charge in [0.25, 0.3) is 0 Å². The molecule has 2 N–H and O–H groups in total. The highest BCUT2D eigenvalue weighted by molar-refractivity contribution is 9.10. The van der Waals surface area contributed by atoms with Crippen LogP contribution in [0.4, 0.5) is 0 Å². The van der Waals surface area contributed by atoms with Gasteiger partial charge in [0.2, 0.25) is 0 Å². The number of benzene rings is 1. The third kappa shape index (κ3) is 1.94. The molecule has 0 spiro atoms. The number of aryl methyl sites for hydroxylation is 2. The van der Waals surface area contributed by atoms with Gasteiger partial charge in [0.15, 0.2) is 0 Å². The van der Waals surface area contributed by atoms with Crippen LogP contribution in [0.1, 0.15) is 12.0 Å². The second-order valence-electron chi connectivity index (χ2n) is 3.78. The lowest BCUT2D eigenvalue weighted by atomic mass is 10.1. The van der Waals surface area contributed by atoms with Crippen molar-refractivity contribution in [3.8, 4) is 0 Å². The highest BCUT2D eigenvalue weighted by Crippen LogP contribution is 2.29. The third-order valence-electron chi connectivity index (χ3n) is 2.67. The van der Waals surface area contributed by atoms with Gasteiger partial charge in [0.1, 0.15) is 0 Å². The topological polar surface area (TPSA) is 30.9 Å². The van der Waals surface area contributed by atoms with E-state index in [2.05, 4.69) is 51.8 Å². The number of hydrogen-bond donors (Lipinski definition) is 1. The summed E-state index contributed by atoms with van der Waals surface area (Å²) in [6.45, 7) is 3.87. The normalized spacial score (nSPS) is 11.1. The van der Waals surface area contributed by atoms with E-state index in [-0.39, 0.29) is 0 Å². The molecular weight excluding hydrogens is 252 g/mol. The lowest BCUT2D eigenvalue weighted by molar-refractivity contribution is 0.670. The summed E-state index contributed by atoms with van der Waals surface area (Å²) in [6, 6.07) is 6.40. The maximum absolute atomic E-state index is 5.53. The second kappa shape index (κ2) is 4.37. The molecule has 80 valence electrons. The average molecular weight is 267 g/mol. The zero-order valence-electron chi connectivity index (χ0n) is 8.83. The summed E-state index contributed by atoms with van der Waals surface area (Å²) in [5.41, 5.74) is 8.13. The summed E-state index contributed by atoms with van der Waals surface area (Å²) >= 11 is 3.61. The van der Waals surface area contributed by atoms with E-state index in [1.54, 1.807) is 0 Å². The molecular formula is C12H15BrN2. The predicted molar refractivity (Wildman–Crippen MR) is 68.0 cm³/mol. The third-order valence-corrected chi connectivity index (χ3v) is 3.27. The number of nitrogens with two attached hydrogens (primary N) is 1. The van der Waals surface area contributed by atoms with E-state index in [9.17, 15) is 0 Å². The van der Waals surface area contributed by atoms with Crippen molar-refractivity contribution < 1.29 is 0 Å². The molecule has 0 saturated carbocycles. The Kier molecular flexibility index (Phi) is 3.12. The molecule has 1 aromatic carbocycles. The number of rotatable bonds is 3. The molecule has 0 radical (unpaired) electrons. The Bertz CT molecular complexity index is 474. The van der Waals surface area contributed by atoms with Gasteiger partial charge >= 0.3 is 0 Å². The molecule has 1 aromatic heterocycles. The average Bonchev–Trinajstić information content (AvgIpc) is 2.54. The standard InChI is InChI=1S/C12H15BrN2/c1-9-4-2-5-11-12(9)10(13)8-15(11)7-3-6-14/h2,4-5,8H,3,6-7,14H2,1H3. The van der Waals surface area contributed by atoms with Crippen molar-refractivity contribution in [1.82, 2.24) is 4.57 Å². The Morgan fingerprint density at radius 2 is 2.20 bits per heavy atom. The summed E-state index contributed by atoms with van der Waals surface area (Å²) in [5.74, 6) is 0. The maximum Gasteiger partial charge on any atom is 0.0494 e. The molecule has 0 aliphatic carbocycles. The van der Waals surface area contributed by atoms with E-state index in [4.69, 9.17) is 5.73 Å². The minimum absolute atomic E-state index is 0.739.